The summed E-state index contributed by atoms with van der Waals surface area (Å²) in [6, 6.07) is 12.2. The van der Waals surface area contributed by atoms with Crippen molar-refractivity contribution in [3.8, 4) is 11.5 Å². The SMILES string of the molecule is COC(=O)c1cccc(NC(=O)CCc2ccc(OC)c(OC)c2)c1. The van der Waals surface area contributed by atoms with Crippen LogP contribution in [0, 0.1) is 0 Å². The number of benzene rings is 2. The maximum Gasteiger partial charge on any atom is 0.337 e. The van der Waals surface area contributed by atoms with Gasteiger partial charge in [0.05, 0.1) is 26.9 Å². The molecule has 2 aromatic rings. The second kappa shape index (κ2) is 8.73. The molecule has 0 atom stereocenters. The van der Waals surface area contributed by atoms with Crippen molar-refractivity contribution in [2.45, 2.75) is 12.8 Å². The molecule has 2 aromatic carbocycles. The molecule has 0 aliphatic heterocycles. The quantitative estimate of drug-likeness (QED) is 0.782. The highest BCUT2D eigenvalue weighted by atomic mass is 16.5. The van der Waals surface area contributed by atoms with Crippen molar-refractivity contribution in [1.29, 1.82) is 0 Å². The average Bonchev–Trinajstić information content (AvgIpc) is 2.65. The van der Waals surface area contributed by atoms with Gasteiger partial charge >= 0.3 is 5.97 Å². The van der Waals surface area contributed by atoms with Crippen LogP contribution in [0.1, 0.15) is 22.3 Å². The normalized spacial score (nSPS) is 10.0. The summed E-state index contributed by atoms with van der Waals surface area (Å²) in [6.45, 7) is 0. The van der Waals surface area contributed by atoms with Gasteiger partial charge < -0.3 is 19.5 Å². The van der Waals surface area contributed by atoms with E-state index in [4.69, 9.17) is 9.47 Å². The summed E-state index contributed by atoms with van der Waals surface area (Å²) in [5.74, 6) is 0.694. The van der Waals surface area contributed by atoms with Crippen molar-refractivity contribution in [3.63, 3.8) is 0 Å². The molecule has 2 rings (SSSR count). The fraction of sp³-hybridized carbons (Fsp3) is 0.263. The van der Waals surface area contributed by atoms with Crippen LogP contribution in [0.3, 0.4) is 0 Å². The van der Waals surface area contributed by atoms with E-state index in [0.717, 1.165) is 5.56 Å². The Hall–Kier alpha value is -3.02. The number of carbonyl (C=O) groups is 2. The molecular weight excluding hydrogens is 322 g/mol. The van der Waals surface area contributed by atoms with Crippen LogP contribution in [0.5, 0.6) is 11.5 Å². The number of rotatable bonds is 7. The number of amides is 1. The number of aryl methyl sites for hydroxylation is 1. The molecule has 0 radical (unpaired) electrons. The summed E-state index contributed by atoms with van der Waals surface area (Å²) in [6.07, 6.45) is 0.862. The summed E-state index contributed by atoms with van der Waals surface area (Å²) >= 11 is 0. The third-order valence-electron chi connectivity index (χ3n) is 3.66. The van der Waals surface area contributed by atoms with Gasteiger partial charge in [0, 0.05) is 12.1 Å². The molecule has 25 heavy (non-hydrogen) atoms. The number of hydrogen-bond donors (Lipinski definition) is 1. The highest BCUT2D eigenvalue weighted by Gasteiger charge is 2.09. The van der Waals surface area contributed by atoms with Gasteiger partial charge in [-0.15, -0.1) is 0 Å². The van der Waals surface area contributed by atoms with E-state index < -0.39 is 5.97 Å². The van der Waals surface area contributed by atoms with Crippen LogP contribution in [-0.4, -0.2) is 33.2 Å². The lowest BCUT2D eigenvalue weighted by atomic mass is 10.1. The Labute approximate surface area is 146 Å². The molecule has 0 aliphatic rings. The molecule has 6 nitrogen and oxygen atoms in total. The molecule has 0 fully saturated rings. The highest BCUT2D eigenvalue weighted by molar-refractivity contribution is 5.94. The smallest absolute Gasteiger partial charge is 0.337 e. The molecule has 132 valence electrons. The zero-order valence-electron chi connectivity index (χ0n) is 14.5. The lowest BCUT2D eigenvalue weighted by Gasteiger charge is -2.10. The minimum Gasteiger partial charge on any atom is -0.493 e. The Bertz CT molecular complexity index is 757. The van der Waals surface area contributed by atoms with Crippen molar-refractivity contribution in [2.24, 2.45) is 0 Å². The number of esters is 1. The molecule has 0 aromatic heterocycles. The van der Waals surface area contributed by atoms with Crippen LogP contribution in [-0.2, 0) is 16.0 Å². The lowest BCUT2D eigenvalue weighted by Crippen LogP contribution is -2.13. The number of anilines is 1. The van der Waals surface area contributed by atoms with E-state index in [-0.39, 0.29) is 5.91 Å². The van der Waals surface area contributed by atoms with Gasteiger partial charge in [0.1, 0.15) is 0 Å². The molecule has 0 unspecified atom stereocenters. The fourth-order valence-electron chi connectivity index (χ4n) is 2.36. The monoisotopic (exact) mass is 343 g/mol. The first-order valence-electron chi connectivity index (χ1n) is 7.76. The third kappa shape index (κ3) is 4.97. The van der Waals surface area contributed by atoms with E-state index in [1.165, 1.54) is 7.11 Å². The third-order valence-corrected chi connectivity index (χ3v) is 3.66. The van der Waals surface area contributed by atoms with Crippen LogP contribution in [0.25, 0.3) is 0 Å². The second-order valence-corrected chi connectivity index (χ2v) is 5.31. The zero-order valence-corrected chi connectivity index (χ0v) is 14.5. The number of hydrogen-bond acceptors (Lipinski definition) is 5. The van der Waals surface area contributed by atoms with E-state index in [9.17, 15) is 9.59 Å². The standard InChI is InChI=1S/C19H21NO5/c1-23-16-9-7-13(11-17(16)24-2)8-10-18(21)20-15-6-4-5-14(12-15)19(22)25-3/h4-7,9,11-12H,8,10H2,1-3H3,(H,20,21). The van der Waals surface area contributed by atoms with Crippen molar-refractivity contribution in [3.05, 3.63) is 53.6 Å². The molecule has 1 amide bonds. The zero-order chi connectivity index (χ0) is 18.2. The highest BCUT2D eigenvalue weighted by Crippen LogP contribution is 2.28. The van der Waals surface area contributed by atoms with Crippen molar-refractivity contribution in [2.75, 3.05) is 26.6 Å². The molecular formula is C19H21NO5. The summed E-state index contributed by atoms with van der Waals surface area (Å²) < 4.78 is 15.1. The van der Waals surface area contributed by atoms with Crippen molar-refractivity contribution >= 4 is 17.6 Å². The van der Waals surface area contributed by atoms with Crippen LogP contribution < -0.4 is 14.8 Å². The number of nitrogens with one attached hydrogen (secondary N) is 1. The fourth-order valence-corrected chi connectivity index (χ4v) is 2.36. The van der Waals surface area contributed by atoms with Gasteiger partial charge in [-0.2, -0.15) is 0 Å². The number of ether oxygens (including phenoxy) is 3. The van der Waals surface area contributed by atoms with Crippen molar-refractivity contribution < 1.29 is 23.8 Å². The van der Waals surface area contributed by atoms with Gasteiger partial charge in [0.25, 0.3) is 0 Å². The number of methoxy groups -OCH3 is 3. The minimum absolute atomic E-state index is 0.142. The van der Waals surface area contributed by atoms with Crippen LogP contribution in [0.15, 0.2) is 42.5 Å². The Balaban J connectivity index is 1.96. The summed E-state index contributed by atoms with van der Waals surface area (Å²) in [5, 5.41) is 2.78. The van der Waals surface area contributed by atoms with Crippen LogP contribution in [0.2, 0.25) is 0 Å². The Morgan fingerprint density at radius 1 is 0.960 bits per heavy atom. The van der Waals surface area contributed by atoms with Crippen molar-refractivity contribution in [1.82, 2.24) is 0 Å². The minimum atomic E-state index is -0.443. The maximum absolute atomic E-state index is 12.1. The summed E-state index contributed by atoms with van der Waals surface area (Å²) in [7, 11) is 4.47. The van der Waals surface area contributed by atoms with Gasteiger partial charge in [-0.3, -0.25) is 4.79 Å². The maximum atomic E-state index is 12.1. The predicted octanol–water partition coefficient (Wildman–Crippen LogP) is 3.06. The lowest BCUT2D eigenvalue weighted by molar-refractivity contribution is -0.116. The Morgan fingerprint density at radius 3 is 2.40 bits per heavy atom. The topological polar surface area (TPSA) is 73.9 Å². The molecule has 1 N–H and O–H groups in total. The molecule has 0 aliphatic carbocycles. The molecule has 6 heteroatoms. The first-order valence-corrected chi connectivity index (χ1v) is 7.76. The van der Waals surface area contributed by atoms with E-state index in [1.54, 1.807) is 38.5 Å². The van der Waals surface area contributed by atoms with E-state index in [2.05, 4.69) is 10.1 Å². The Morgan fingerprint density at radius 2 is 1.72 bits per heavy atom. The van der Waals surface area contributed by atoms with E-state index >= 15 is 0 Å². The molecule has 0 spiro atoms. The second-order valence-electron chi connectivity index (χ2n) is 5.31. The first kappa shape index (κ1) is 18.3. The van der Waals surface area contributed by atoms with E-state index in [1.807, 2.05) is 18.2 Å². The van der Waals surface area contributed by atoms with Gasteiger partial charge in [-0.1, -0.05) is 12.1 Å². The molecule has 0 heterocycles. The average molecular weight is 343 g/mol. The largest absolute Gasteiger partial charge is 0.493 e. The molecule has 0 saturated heterocycles. The van der Waals surface area contributed by atoms with Gasteiger partial charge in [0.15, 0.2) is 11.5 Å². The number of carbonyl (C=O) groups excluding carboxylic acids is 2. The molecule has 0 bridgehead atoms. The summed E-state index contributed by atoms with van der Waals surface area (Å²) in [4.78, 5) is 23.6. The van der Waals surface area contributed by atoms with Gasteiger partial charge in [-0.05, 0) is 42.3 Å². The van der Waals surface area contributed by atoms with E-state index in [0.29, 0.717) is 35.6 Å². The van der Waals surface area contributed by atoms with Crippen LogP contribution in [0.4, 0.5) is 5.69 Å². The first-order chi connectivity index (χ1) is 12.1. The molecule has 0 saturated carbocycles. The van der Waals surface area contributed by atoms with Gasteiger partial charge in [-0.25, -0.2) is 4.79 Å². The van der Waals surface area contributed by atoms with Crippen LogP contribution >= 0.6 is 0 Å². The predicted molar refractivity (Wildman–Crippen MR) is 94.3 cm³/mol. The Kier molecular flexibility index (Phi) is 6.39. The van der Waals surface area contributed by atoms with Gasteiger partial charge in [0.2, 0.25) is 5.91 Å². The summed E-state index contributed by atoms with van der Waals surface area (Å²) in [5.41, 5.74) is 1.91.